The average Bonchev–Trinajstić information content (AvgIpc) is 2.48. The van der Waals surface area contributed by atoms with Gasteiger partial charge in [-0.25, -0.2) is 0 Å². The summed E-state index contributed by atoms with van der Waals surface area (Å²) >= 11 is 0. The van der Waals surface area contributed by atoms with Gasteiger partial charge in [0.05, 0.1) is 0 Å². The van der Waals surface area contributed by atoms with E-state index in [2.05, 4.69) is 37.4 Å². The Balaban J connectivity index is 2.57. The van der Waals surface area contributed by atoms with E-state index >= 15 is 0 Å². The van der Waals surface area contributed by atoms with Gasteiger partial charge in [-0.3, -0.25) is 4.90 Å². The Bertz CT molecular complexity index is 165. The summed E-state index contributed by atoms with van der Waals surface area (Å²) in [6.45, 7) is 8.36. The molecule has 2 atom stereocenters. The van der Waals surface area contributed by atoms with Gasteiger partial charge < -0.3 is 4.90 Å². The molecule has 2 unspecified atom stereocenters. The van der Waals surface area contributed by atoms with E-state index in [1.807, 2.05) is 6.08 Å². The molecule has 2 nitrogen and oxygen atoms in total. The summed E-state index contributed by atoms with van der Waals surface area (Å²) in [6, 6.07) is 1.47. The lowest BCUT2D eigenvalue weighted by Crippen LogP contribution is -2.41. The van der Waals surface area contributed by atoms with Gasteiger partial charge in [0.15, 0.2) is 0 Å². The lowest BCUT2D eigenvalue weighted by Gasteiger charge is -2.29. The van der Waals surface area contributed by atoms with E-state index in [1.54, 1.807) is 0 Å². The zero-order valence-electron chi connectivity index (χ0n) is 9.16. The first-order valence-corrected chi connectivity index (χ1v) is 5.22. The topological polar surface area (TPSA) is 6.48 Å². The van der Waals surface area contributed by atoms with Crippen molar-refractivity contribution in [2.45, 2.75) is 31.8 Å². The van der Waals surface area contributed by atoms with E-state index in [9.17, 15) is 0 Å². The molecule has 0 bridgehead atoms. The fourth-order valence-corrected chi connectivity index (χ4v) is 2.42. The van der Waals surface area contributed by atoms with Crippen molar-refractivity contribution < 1.29 is 0 Å². The molecule has 1 rings (SSSR count). The van der Waals surface area contributed by atoms with Gasteiger partial charge in [-0.15, -0.1) is 6.58 Å². The number of likely N-dealkylation sites (tertiary alicyclic amines) is 1. The molecule has 2 heteroatoms. The lowest BCUT2D eigenvalue weighted by atomic mass is 10.1. The van der Waals surface area contributed by atoms with E-state index in [0.717, 1.165) is 18.6 Å². The summed E-state index contributed by atoms with van der Waals surface area (Å²) in [6.07, 6.45) is 4.57. The van der Waals surface area contributed by atoms with E-state index in [0.29, 0.717) is 0 Å². The molecule has 0 amide bonds. The summed E-state index contributed by atoms with van der Waals surface area (Å²) in [4.78, 5) is 4.90. The van der Waals surface area contributed by atoms with Gasteiger partial charge in [-0.05, 0) is 26.9 Å². The first-order valence-electron chi connectivity index (χ1n) is 5.22. The number of hydrogen-bond donors (Lipinski definition) is 0. The molecule has 0 aliphatic carbocycles. The molecule has 13 heavy (non-hydrogen) atoms. The van der Waals surface area contributed by atoms with Gasteiger partial charge in [0.25, 0.3) is 0 Å². The van der Waals surface area contributed by atoms with Crippen molar-refractivity contribution in [2.24, 2.45) is 0 Å². The van der Waals surface area contributed by atoms with E-state index < -0.39 is 0 Å². The zero-order valence-corrected chi connectivity index (χ0v) is 9.16. The molecule has 1 fully saturated rings. The fraction of sp³-hybridized carbons (Fsp3) is 0.818. The van der Waals surface area contributed by atoms with Crippen LogP contribution >= 0.6 is 0 Å². The number of nitrogens with zero attached hydrogens (tertiary/aromatic N) is 2. The maximum atomic E-state index is 3.81. The Morgan fingerprint density at radius 1 is 1.54 bits per heavy atom. The predicted octanol–water partition coefficient (Wildman–Crippen LogP) is 1.59. The standard InChI is InChI=1S/C11H22N2/c1-5-8-13-9-7-11(12(3)4)10(13)6-2/h5,10-11H,1,6-9H2,2-4H3. The second-order valence-electron chi connectivity index (χ2n) is 4.08. The Morgan fingerprint density at radius 3 is 2.69 bits per heavy atom. The molecule has 0 radical (unpaired) electrons. The molecule has 0 aromatic rings. The second-order valence-corrected chi connectivity index (χ2v) is 4.08. The first-order chi connectivity index (χ1) is 6.20. The third-order valence-electron chi connectivity index (χ3n) is 3.07. The minimum Gasteiger partial charge on any atom is -0.305 e. The van der Waals surface area contributed by atoms with Crippen LogP contribution in [0.25, 0.3) is 0 Å². The summed E-state index contributed by atoms with van der Waals surface area (Å²) in [7, 11) is 4.37. The highest BCUT2D eigenvalue weighted by atomic mass is 15.3. The van der Waals surface area contributed by atoms with Gasteiger partial charge in [0, 0.05) is 25.2 Å². The molecule has 1 heterocycles. The van der Waals surface area contributed by atoms with Crippen LogP contribution in [0, 0.1) is 0 Å². The molecule has 76 valence electrons. The Kier molecular flexibility index (Phi) is 3.94. The Morgan fingerprint density at radius 2 is 2.23 bits per heavy atom. The molecule has 0 aromatic carbocycles. The minimum absolute atomic E-state index is 0.730. The van der Waals surface area contributed by atoms with Gasteiger partial charge >= 0.3 is 0 Å². The van der Waals surface area contributed by atoms with Crippen LogP contribution in [-0.2, 0) is 0 Å². The largest absolute Gasteiger partial charge is 0.305 e. The maximum absolute atomic E-state index is 3.81. The third-order valence-corrected chi connectivity index (χ3v) is 3.07. The van der Waals surface area contributed by atoms with Crippen LogP contribution in [0.5, 0.6) is 0 Å². The van der Waals surface area contributed by atoms with Crippen molar-refractivity contribution >= 4 is 0 Å². The molecular formula is C11H22N2. The third kappa shape index (κ3) is 2.32. The number of rotatable bonds is 4. The Hall–Kier alpha value is -0.340. The summed E-state index contributed by atoms with van der Waals surface area (Å²) in [5, 5.41) is 0. The van der Waals surface area contributed by atoms with E-state index in [-0.39, 0.29) is 0 Å². The molecule has 1 saturated heterocycles. The van der Waals surface area contributed by atoms with Gasteiger partial charge in [-0.1, -0.05) is 13.0 Å². The molecule has 0 saturated carbocycles. The van der Waals surface area contributed by atoms with Crippen LogP contribution in [0.15, 0.2) is 12.7 Å². The smallest absolute Gasteiger partial charge is 0.0257 e. The van der Waals surface area contributed by atoms with Crippen molar-refractivity contribution in [1.82, 2.24) is 9.80 Å². The molecule has 0 N–H and O–H groups in total. The summed E-state index contributed by atoms with van der Waals surface area (Å²) < 4.78 is 0. The van der Waals surface area contributed by atoms with Gasteiger partial charge in [0.1, 0.15) is 0 Å². The quantitative estimate of drug-likeness (QED) is 0.609. The van der Waals surface area contributed by atoms with Crippen LogP contribution in [0.1, 0.15) is 19.8 Å². The normalized spacial score (nSPS) is 29.8. The van der Waals surface area contributed by atoms with Crippen molar-refractivity contribution in [2.75, 3.05) is 27.2 Å². The first kappa shape index (κ1) is 10.7. The van der Waals surface area contributed by atoms with Crippen molar-refractivity contribution in [1.29, 1.82) is 0 Å². The van der Waals surface area contributed by atoms with Crippen LogP contribution in [0.3, 0.4) is 0 Å². The Labute approximate surface area is 82.2 Å². The van der Waals surface area contributed by atoms with E-state index in [4.69, 9.17) is 0 Å². The maximum Gasteiger partial charge on any atom is 0.0257 e. The summed E-state index contributed by atoms with van der Waals surface area (Å²) in [5.41, 5.74) is 0. The highest BCUT2D eigenvalue weighted by molar-refractivity contribution is 4.93. The van der Waals surface area contributed by atoms with Crippen LogP contribution < -0.4 is 0 Å². The molecule has 0 spiro atoms. The van der Waals surface area contributed by atoms with Crippen LogP contribution in [-0.4, -0.2) is 49.1 Å². The SMILES string of the molecule is C=CCN1CCC(N(C)C)C1CC. The molecular weight excluding hydrogens is 160 g/mol. The average molecular weight is 182 g/mol. The molecule has 1 aliphatic heterocycles. The fourth-order valence-electron chi connectivity index (χ4n) is 2.42. The van der Waals surface area contributed by atoms with Gasteiger partial charge in [-0.2, -0.15) is 0 Å². The minimum atomic E-state index is 0.730. The number of hydrogen-bond acceptors (Lipinski definition) is 2. The second kappa shape index (κ2) is 4.77. The number of likely N-dealkylation sites (N-methyl/N-ethyl adjacent to an activating group) is 1. The van der Waals surface area contributed by atoms with Crippen molar-refractivity contribution in [3.63, 3.8) is 0 Å². The van der Waals surface area contributed by atoms with Crippen molar-refractivity contribution in [3.05, 3.63) is 12.7 Å². The predicted molar refractivity (Wildman–Crippen MR) is 57.9 cm³/mol. The monoisotopic (exact) mass is 182 g/mol. The summed E-state index contributed by atoms with van der Waals surface area (Å²) in [5.74, 6) is 0. The highest BCUT2D eigenvalue weighted by Gasteiger charge is 2.32. The van der Waals surface area contributed by atoms with Crippen molar-refractivity contribution in [3.8, 4) is 0 Å². The van der Waals surface area contributed by atoms with Crippen LogP contribution in [0.4, 0.5) is 0 Å². The van der Waals surface area contributed by atoms with E-state index in [1.165, 1.54) is 19.4 Å². The lowest BCUT2D eigenvalue weighted by molar-refractivity contribution is 0.192. The van der Waals surface area contributed by atoms with Gasteiger partial charge in [0.2, 0.25) is 0 Å². The highest BCUT2D eigenvalue weighted by Crippen LogP contribution is 2.23. The van der Waals surface area contributed by atoms with Crippen LogP contribution in [0.2, 0.25) is 0 Å². The molecule has 0 aromatic heterocycles. The zero-order chi connectivity index (χ0) is 9.84. The molecule has 1 aliphatic rings.